The summed E-state index contributed by atoms with van der Waals surface area (Å²) in [6.07, 6.45) is 0.804. The summed E-state index contributed by atoms with van der Waals surface area (Å²) in [6, 6.07) is -0.379. The molecule has 0 amide bonds. The fourth-order valence-corrected chi connectivity index (χ4v) is 1.81. The maximum Gasteiger partial charge on any atom is 0.215 e. The Morgan fingerprint density at radius 3 is 2.21 bits per heavy atom. The lowest BCUT2D eigenvalue weighted by molar-refractivity contribution is -0.141. The van der Waals surface area contributed by atoms with Crippen LogP contribution in [-0.2, 0) is 9.59 Å². The van der Waals surface area contributed by atoms with Crippen molar-refractivity contribution < 1.29 is 9.59 Å². The lowest BCUT2D eigenvalue weighted by atomic mass is 9.83. The van der Waals surface area contributed by atoms with Crippen molar-refractivity contribution in [2.75, 3.05) is 21.1 Å². The Morgan fingerprint density at radius 1 is 1.21 bits per heavy atom. The molecule has 0 saturated heterocycles. The van der Waals surface area contributed by atoms with Crippen LogP contribution < -0.4 is 16.0 Å². The lowest BCUT2D eigenvalue weighted by Crippen LogP contribution is -2.64. The molecule has 1 atom stereocenters. The molecule has 0 aromatic carbocycles. The average molecular weight is 199 g/mol. The molecular weight excluding hydrogens is 182 g/mol. The van der Waals surface area contributed by atoms with E-state index in [1.165, 1.54) is 0 Å². The molecule has 0 spiro atoms. The van der Waals surface area contributed by atoms with Crippen molar-refractivity contribution in [3.63, 3.8) is 0 Å². The molecule has 0 heterocycles. The zero-order valence-electron chi connectivity index (χ0n) is 8.81. The minimum Gasteiger partial charge on any atom is -0.310 e. The van der Waals surface area contributed by atoms with Gasteiger partial charge < -0.3 is 16.0 Å². The molecule has 0 aromatic heterocycles. The van der Waals surface area contributed by atoms with Crippen LogP contribution in [0.1, 0.15) is 12.8 Å². The molecule has 1 saturated carbocycles. The summed E-state index contributed by atoms with van der Waals surface area (Å²) in [6.45, 7) is 0. The number of Topliss-reactive ketones (excluding diaryl/α,β-unsaturated/α-hetero) is 2. The maximum absolute atomic E-state index is 11.4. The van der Waals surface area contributed by atoms with Crippen LogP contribution in [0.5, 0.6) is 0 Å². The second-order valence-corrected chi connectivity index (χ2v) is 3.59. The van der Waals surface area contributed by atoms with Gasteiger partial charge in [0.15, 0.2) is 0 Å². The van der Waals surface area contributed by atoms with E-state index in [1.807, 2.05) is 0 Å². The Hall–Kier alpha value is -0.780. The fourth-order valence-electron chi connectivity index (χ4n) is 1.81. The zero-order valence-corrected chi connectivity index (χ0v) is 8.81. The number of hydrogen-bond donors (Lipinski definition) is 3. The Kier molecular flexibility index (Phi) is 3.36. The van der Waals surface area contributed by atoms with E-state index in [0.29, 0.717) is 6.42 Å². The van der Waals surface area contributed by atoms with Gasteiger partial charge in [-0.1, -0.05) is 0 Å². The number of hydrogen-bond acceptors (Lipinski definition) is 5. The quantitative estimate of drug-likeness (QED) is 0.387. The highest BCUT2D eigenvalue weighted by molar-refractivity contribution is 6.40. The van der Waals surface area contributed by atoms with Crippen LogP contribution in [0, 0.1) is 0 Å². The third-order valence-electron chi connectivity index (χ3n) is 2.91. The molecule has 5 nitrogen and oxygen atoms in total. The lowest BCUT2D eigenvalue weighted by Gasteiger charge is -2.38. The second kappa shape index (κ2) is 4.16. The molecule has 1 unspecified atom stereocenters. The van der Waals surface area contributed by atoms with Gasteiger partial charge >= 0.3 is 0 Å². The number of rotatable bonds is 3. The number of nitrogens with one attached hydrogen (secondary N) is 3. The minimum absolute atomic E-state index is 0.219. The smallest absolute Gasteiger partial charge is 0.215 e. The van der Waals surface area contributed by atoms with Crippen molar-refractivity contribution in [3.05, 3.63) is 0 Å². The highest BCUT2D eigenvalue weighted by Crippen LogP contribution is 2.21. The van der Waals surface area contributed by atoms with Crippen LogP contribution in [-0.4, -0.2) is 44.4 Å². The molecule has 1 aliphatic carbocycles. The standard InChI is InChI=1S/C9H17N3O2/c1-10-6-4-9(11-2,12-3)5-7(13)8(6)14/h6,10-12H,4-5H2,1-3H3. The SMILES string of the molecule is CNC1CC(NC)(NC)CC(=O)C1=O. The summed E-state index contributed by atoms with van der Waals surface area (Å²) in [5, 5.41) is 8.97. The van der Waals surface area contributed by atoms with Crippen LogP contribution in [0.2, 0.25) is 0 Å². The normalized spacial score (nSPS) is 26.6. The minimum atomic E-state index is -0.446. The number of carbonyl (C=O) groups excluding carboxylic acids is 2. The van der Waals surface area contributed by atoms with Crippen molar-refractivity contribution in [3.8, 4) is 0 Å². The van der Waals surface area contributed by atoms with Gasteiger partial charge in [0.25, 0.3) is 0 Å². The summed E-state index contributed by atoms with van der Waals surface area (Å²) < 4.78 is 0. The van der Waals surface area contributed by atoms with E-state index in [0.717, 1.165) is 0 Å². The predicted octanol–water partition coefficient (Wildman–Crippen LogP) is -1.36. The van der Waals surface area contributed by atoms with Crippen LogP contribution >= 0.6 is 0 Å². The third kappa shape index (κ3) is 1.84. The summed E-state index contributed by atoms with van der Waals surface area (Å²) in [5.41, 5.74) is -0.446. The third-order valence-corrected chi connectivity index (χ3v) is 2.91. The summed E-state index contributed by atoms with van der Waals surface area (Å²) in [7, 11) is 5.26. The van der Waals surface area contributed by atoms with E-state index in [-0.39, 0.29) is 24.0 Å². The van der Waals surface area contributed by atoms with E-state index in [4.69, 9.17) is 0 Å². The molecule has 5 heteroatoms. The van der Waals surface area contributed by atoms with Gasteiger partial charge in [0.2, 0.25) is 11.6 Å². The zero-order chi connectivity index (χ0) is 10.8. The van der Waals surface area contributed by atoms with Gasteiger partial charge in [0, 0.05) is 12.8 Å². The van der Waals surface area contributed by atoms with E-state index in [9.17, 15) is 9.59 Å². The van der Waals surface area contributed by atoms with Crippen molar-refractivity contribution in [2.24, 2.45) is 0 Å². The van der Waals surface area contributed by atoms with Crippen molar-refractivity contribution >= 4 is 11.6 Å². The first-order valence-corrected chi connectivity index (χ1v) is 4.70. The molecule has 1 aliphatic rings. The first kappa shape index (κ1) is 11.3. The molecule has 0 bridgehead atoms. The fraction of sp³-hybridized carbons (Fsp3) is 0.778. The van der Waals surface area contributed by atoms with Gasteiger partial charge in [0.05, 0.1) is 11.7 Å². The maximum atomic E-state index is 11.4. The van der Waals surface area contributed by atoms with Gasteiger partial charge in [-0.3, -0.25) is 9.59 Å². The predicted molar refractivity (Wildman–Crippen MR) is 52.9 cm³/mol. The van der Waals surface area contributed by atoms with Gasteiger partial charge in [-0.15, -0.1) is 0 Å². The number of carbonyl (C=O) groups is 2. The van der Waals surface area contributed by atoms with Crippen molar-refractivity contribution in [2.45, 2.75) is 24.5 Å². The van der Waals surface area contributed by atoms with Crippen LogP contribution in [0.4, 0.5) is 0 Å². The molecule has 1 rings (SSSR count). The number of likely N-dealkylation sites (N-methyl/N-ethyl adjacent to an activating group) is 1. The van der Waals surface area contributed by atoms with Gasteiger partial charge in [0.1, 0.15) is 0 Å². The highest BCUT2D eigenvalue weighted by Gasteiger charge is 2.42. The Bertz CT molecular complexity index is 248. The first-order chi connectivity index (χ1) is 6.58. The van der Waals surface area contributed by atoms with Crippen molar-refractivity contribution in [1.82, 2.24) is 16.0 Å². The van der Waals surface area contributed by atoms with Crippen molar-refractivity contribution in [1.29, 1.82) is 0 Å². The van der Waals surface area contributed by atoms with Gasteiger partial charge in [-0.05, 0) is 21.1 Å². The molecule has 0 radical (unpaired) electrons. The largest absolute Gasteiger partial charge is 0.310 e. The summed E-state index contributed by atoms with van der Waals surface area (Å²) >= 11 is 0. The van der Waals surface area contributed by atoms with Gasteiger partial charge in [-0.2, -0.15) is 0 Å². The average Bonchev–Trinajstić information content (AvgIpc) is 2.22. The summed E-state index contributed by atoms with van der Waals surface area (Å²) in [4.78, 5) is 22.8. The molecule has 14 heavy (non-hydrogen) atoms. The molecule has 80 valence electrons. The summed E-state index contributed by atoms with van der Waals surface area (Å²) in [5.74, 6) is -0.632. The number of ketones is 2. The molecule has 1 fully saturated rings. The van der Waals surface area contributed by atoms with Crippen LogP contribution in [0.25, 0.3) is 0 Å². The van der Waals surface area contributed by atoms with Crippen LogP contribution in [0.15, 0.2) is 0 Å². The first-order valence-electron chi connectivity index (χ1n) is 4.70. The Labute approximate surface area is 83.6 Å². The van der Waals surface area contributed by atoms with E-state index in [1.54, 1.807) is 21.1 Å². The molecule has 3 N–H and O–H groups in total. The van der Waals surface area contributed by atoms with Gasteiger partial charge in [-0.25, -0.2) is 0 Å². The highest BCUT2D eigenvalue weighted by atomic mass is 16.2. The van der Waals surface area contributed by atoms with E-state index < -0.39 is 5.66 Å². The van der Waals surface area contributed by atoms with Crippen LogP contribution in [0.3, 0.4) is 0 Å². The molecular formula is C9H17N3O2. The second-order valence-electron chi connectivity index (χ2n) is 3.59. The van der Waals surface area contributed by atoms with E-state index in [2.05, 4.69) is 16.0 Å². The van der Waals surface area contributed by atoms with E-state index >= 15 is 0 Å². The Balaban J connectivity index is 2.86. The Morgan fingerprint density at radius 2 is 1.79 bits per heavy atom. The monoisotopic (exact) mass is 199 g/mol. The topological polar surface area (TPSA) is 70.2 Å². The molecule has 0 aliphatic heterocycles. The molecule has 0 aromatic rings.